The Hall–Kier alpha value is -2.73. The fourth-order valence-electron chi connectivity index (χ4n) is 4.72. The summed E-state index contributed by atoms with van der Waals surface area (Å²) in [6, 6.07) is 14.0. The van der Waals surface area contributed by atoms with Crippen molar-refractivity contribution in [2.45, 2.75) is 13.0 Å². The lowest BCUT2D eigenvalue weighted by molar-refractivity contribution is -0.123. The van der Waals surface area contributed by atoms with E-state index in [4.69, 9.17) is 4.74 Å². The third-order valence-electron chi connectivity index (χ3n) is 6.11. The van der Waals surface area contributed by atoms with Gasteiger partial charge in [-0.2, -0.15) is 0 Å². The number of imide groups is 1. The van der Waals surface area contributed by atoms with E-state index in [1.165, 1.54) is 4.90 Å². The predicted octanol–water partition coefficient (Wildman–Crippen LogP) is 4.12. The van der Waals surface area contributed by atoms with E-state index in [2.05, 4.69) is 28.1 Å². The van der Waals surface area contributed by atoms with Crippen LogP contribution in [0.4, 0.5) is 5.69 Å². The number of esters is 1. The molecule has 1 saturated carbocycles. The number of ether oxygens (including phenoxy) is 1. The van der Waals surface area contributed by atoms with Crippen LogP contribution < -0.4 is 4.90 Å². The maximum Gasteiger partial charge on any atom is 0.338 e. The van der Waals surface area contributed by atoms with Crippen LogP contribution in [-0.2, 0) is 20.9 Å². The van der Waals surface area contributed by atoms with Gasteiger partial charge in [0.05, 0.1) is 23.1 Å². The van der Waals surface area contributed by atoms with E-state index in [1.54, 1.807) is 24.3 Å². The number of amides is 2. The highest BCUT2D eigenvalue weighted by atomic mass is 79.9. The lowest BCUT2D eigenvalue weighted by Gasteiger charge is -2.17. The summed E-state index contributed by atoms with van der Waals surface area (Å²) < 4.78 is 6.31. The summed E-state index contributed by atoms with van der Waals surface area (Å²) in [6.07, 6.45) is 5.06. The van der Waals surface area contributed by atoms with Gasteiger partial charge in [-0.15, -0.1) is 0 Å². The molecule has 4 atom stereocenters. The van der Waals surface area contributed by atoms with Crippen molar-refractivity contribution in [1.29, 1.82) is 0 Å². The Labute approximate surface area is 176 Å². The van der Waals surface area contributed by atoms with E-state index < -0.39 is 5.97 Å². The van der Waals surface area contributed by atoms with Crippen LogP contribution >= 0.6 is 15.9 Å². The number of anilines is 1. The fourth-order valence-corrected chi connectivity index (χ4v) is 4.98. The van der Waals surface area contributed by atoms with Crippen molar-refractivity contribution in [1.82, 2.24) is 0 Å². The summed E-state index contributed by atoms with van der Waals surface area (Å²) in [5.41, 5.74) is 1.78. The van der Waals surface area contributed by atoms with E-state index in [0.29, 0.717) is 11.3 Å². The van der Waals surface area contributed by atoms with Crippen molar-refractivity contribution >= 4 is 39.4 Å². The molecule has 3 aliphatic rings. The molecular formula is C23H18BrNO4. The second-order valence-electron chi connectivity index (χ2n) is 7.76. The number of carbonyl (C=O) groups is 3. The van der Waals surface area contributed by atoms with E-state index in [-0.39, 0.29) is 42.1 Å². The lowest BCUT2D eigenvalue weighted by atomic mass is 9.85. The molecule has 29 heavy (non-hydrogen) atoms. The molecule has 2 fully saturated rings. The monoisotopic (exact) mass is 451 g/mol. The van der Waals surface area contributed by atoms with Gasteiger partial charge in [-0.3, -0.25) is 14.5 Å². The highest BCUT2D eigenvalue weighted by Gasteiger charge is 2.59. The highest BCUT2D eigenvalue weighted by molar-refractivity contribution is 9.10. The predicted molar refractivity (Wildman–Crippen MR) is 110 cm³/mol. The number of nitrogens with zero attached hydrogens (tertiary/aromatic N) is 1. The van der Waals surface area contributed by atoms with Crippen LogP contribution in [0.1, 0.15) is 22.3 Å². The molecule has 2 amide bonds. The molecule has 6 heteroatoms. The first-order valence-electron chi connectivity index (χ1n) is 9.61. The smallest absolute Gasteiger partial charge is 0.338 e. The van der Waals surface area contributed by atoms with E-state index in [9.17, 15) is 14.4 Å². The summed E-state index contributed by atoms with van der Waals surface area (Å²) in [6.45, 7) is 0.177. The van der Waals surface area contributed by atoms with Gasteiger partial charge >= 0.3 is 5.97 Å². The molecule has 0 aromatic heterocycles. The molecule has 0 spiro atoms. The van der Waals surface area contributed by atoms with Gasteiger partial charge in [-0.1, -0.05) is 40.2 Å². The Bertz CT molecular complexity index is 998. The summed E-state index contributed by atoms with van der Waals surface area (Å²) in [5, 5.41) is 0. The maximum atomic E-state index is 12.9. The van der Waals surface area contributed by atoms with Gasteiger partial charge in [-0.25, -0.2) is 4.79 Å². The number of benzene rings is 2. The first kappa shape index (κ1) is 18.3. The Morgan fingerprint density at radius 3 is 2.10 bits per heavy atom. The first-order chi connectivity index (χ1) is 14.0. The van der Waals surface area contributed by atoms with Crippen LogP contribution in [0.25, 0.3) is 0 Å². The molecule has 146 valence electrons. The molecule has 1 heterocycles. The SMILES string of the molecule is O=C(OCc1ccc(Br)cc1)c1ccc(N2C(=O)[C@@H]3[C@@H](C2=O)[C@H]2C=C[C@H]3C2)cc1. The summed E-state index contributed by atoms with van der Waals surface area (Å²) >= 11 is 3.37. The first-order valence-corrected chi connectivity index (χ1v) is 10.4. The third kappa shape index (κ3) is 3.02. The molecule has 1 saturated heterocycles. The molecule has 2 aromatic carbocycles. The second-order valence-corrected chi connectivity index (χ2v) is 8.68. The normalized spacial score (nSPS) is 26.9. The fraction of sp³-hybridized carbons (Fsp3) is 0.261. The van der Waals surface area contributed by atoms with Crippen LogP contribution in [0.15, 0.2) is 65.2 Å². The maximum absolute atomic E-state index is 12.9. The van der Waals surface area contributed by atoms with Gasteiger partial charge in [0.2, 0.25) is 11.8 Å². The van der Waals surface area contributed by atoms with Gasteiger partial charge in [0.25, 0.3) is 0 Å². The Kier molecular flexibility index (Phi) is 4.39. The number of hydrogen-bond acceptors (Lipinski definition) is 4. The zero-order chi connectivity index (χ0) is 20.1. The molecule has 0 N–H and O–H groups in total. The minimum Gasteiger partial charge on any atom is -0.457 e. The van der Waals surface area contributed by atoms with Gasteiger partial charge in [0.15, 0.2) is 0 Å². The van der Waals surface area contributed by atoms with E-state index in [1.807, 2.05) is 24.3 Å². The molecule has 5 nitrogen and oxygen atoms in total. The van der Waals surface area contributed by atoms with Crippen molar-refractivity contribution < 1.29 is 19.1 Å². The van der Waals surface area contributed by atoms with Crippen LogP contribution in [0.2, 0.25) is 0 Å². The second kappa shape index (κ2) is 6.95. The molecule has 2 aromatic rings. The topological polar surface area (TPSA) is 63.7 Å². The van der Waals surface area contributed by atoms with Crippen molar-refractivity contribution in [3.8, 4) is 0 Å². The van der Waals surface area contributed by atoms with Crippen molar-refractivity contribution in [3.63, 3.8) is 0 Å². The summed E-state index contributed by atoms with van der Waals surface area (Å²) in [4.78, 5) is 39.3. The molecular weight excluding hydrogens is 434 g/mol. The molecule has 5 rings (SSSR count). The number of carbonyl (C=O) groups excluding carboxylic acids is 3. The standard InChI is InChI=1S/C23H18BrNO4/c24-17-7-1-13(2-8-17)12-29-23(28)14-5-9-18(10-6-14)25-21(26)19-15-3-4-16(11-15)20(19)22(25)27/h1-10,15-16,19-20H,11-12H2/t15-,16-,19-,20-/m0/s1. The Morgan fingerprint density at radius 2 is 1.52 bits per heavy atom. The van der Waals surface area contributed by atoms with Gasteiger partial charge in [-0.05, 0) is 60.2 Å². The van der Waals surface area contributed by atoms with Gasteiger partial charge < -0.3 is 4.74 Å². The molecule has 2 aliphatic carbocycles. The Balaban J connectivity index is 1.28. The zero-order valence-electron chi connectivity index (χ0n) is 15.5. The molecule has 2 bridgehead atoms. The summed E-state index contributed by atoms with van der Waals surface area (Å²) in [7, 11) is 0. The van der Waals surface area contributed by atoms with Crippen LogP contribution in [0, 0.1) is 23.7 Å². The quantitative estimate of drug-likeness (QED) is 0.398. The number of fused-ring (bicyclic) bond motifs is 5. The molecule has 1 aliphatic heterocycles. The third-order valence-corrected chi connectivity index (χ3v) is 6.64. The zero-order valence-corrected chi connectivity index (χ0v) is 17.0. The molecule has 0 radical (unpaired) electrons. The van der Waals surface area contributed by atoms with Crippen molar-refractivity contribution in [2.75, 3.05) is 4.90 Å². The summed E-state index contributed by atoms with van der Waals surface area (Å²) in [5.74, 6) is -0.790. The Morgan fingerprint density at radius 1 is 0.931 bits per heavy atom. The minimum atomic E-state index is -0.447. The average molecular weight is 452 g/mol. The number of rotatable bonds is 4. The highest BCUT2D eigenvalue weighted by Crippen LogP contribution is 2.53. The minimum absolute atomic E-state index is 0.123. The van der Waals surface area contributed by atoms with Crippen LogP contribution in [0.5, 0.6) is 0 Å². The largest absolute Gasteiger partial charge is 0.457 e. The average Bonchev–Trinajstić information content (AvgIpc) is 3.41. The van der Waals surface area contributed by atoms with Crippen LogP contribution in [-0.4, -0.2) is 17.8 Å². The number of halogens is 1. The lowest BCUT2D eigenvalue weighted by Crippen LogP contribution is -2.32. The number of allylic oxidation sites excluding steroid dienone is 2. The van der Waals surface area contributed by atoms with Gasteiger partial charge in [0, 0.05) is 4.47 Å². The van der Waals surface area contributed by atoms with Gasteiger partial charge in [0.1, 0.15) is 6.61 Å². The van der Waals surface area contributed by atoms with E-state index in [0.717, 1.165) is 16.5 Å². The number of hydrogen-bond donors (Lipinski definition) is 0. The molecule has 0 unspecified atom stereocenters. The van der Waals surface area contributed by atoms with E-state index >= 15 is 0 Å². The van der Waals surface area contributed by atoms with Crippen molar-refractivity contribution in [3.05, 3.63) is 76.3 Å². The van der Waals surface area contributed by atoms with Crippen molar-refractivity contribution in [2.24, 2.45) is 23.7 Å². The van der Waals surface area contributed by atoms with Crippen LogP contribution in [0.3, 0.4) is 0 Å².